The maximum atomic E-state index is 12.2. The summed E-state index contributed by atoms with van der Waals surface area (Å²) in [5.41, 5.74) is 1.33. The molecule has 0 unspecified atom stereocenters. The van der Waals surface area contributed by atoms with E-state index in [9.17, 15) is 9.59 Å². The second-order valence-corrected chi connectivity index (χ2v) is 4.33. The summed E-state index contributed by atoms with van der Waals surface area (Å²) in [5.74, 6) is -1.62. The summed E-state index contributed by atoms with van der Waals surface area (Å²) >= 11 is 0. The molecule has 6 nitrogen and oxygen atoms in total. The van der Waals surface area contributed by atoms with Gasteiger partial charge in [0.15, 0.2) is 11.4 Å². The fraction of sp³-hybridized carbons (Fsp3) is 0.0625. The van der Waals surface area contributed by atoms with Gasteiger partial charge in [-0.3, -0.25) is 4.79 Å². The highest BCUT2D eigenvalue weighted by Crippen LogP contribution is 2.20. The molecular formula is C16H14N2O4. The van der Waals surface area contributed by atoms with Crippen LogP contribution >= 0.6 is 0 Å². The van der Waals surface area contributed by atoms with Crippen molar-refractivity contribution >= 4 is 23.6 Å². The van der Waals surface area contributed by atoms with Crippen molar-refractivity contribution in [2.75, 3.05) is 12.4 Å². The number of aromatic carboxylic acids is 1. The van der Waals surface area contributed by atoms with Crippen LogP contribution in [0.4, 0.5) is 5.69 Å². The van der Waals surface area contributed by atoms with Crippen molar-refractivity contribution in [2.45, 2.75) is 0 Å². The Bertz CT molecular complexity index is 741. The first-order valence-corrected chi connectivity index (χ1v) is 6.37. The average molecular weight is 298 g/mol. The minimum absolute atomic E-state index is 0.0251. The Labute approximate surface area is 127 Å². The number of nitrogens with one attached hydrogen (secondary N) is 1. The zero-order valence-electron chi connectivity index (χ0n) is 11.9. The van der Waals surface area contributed by atoms with Crippen LogP contribution in [0.25, 0.3) is 6.08 Å². The summed E-state index contributed by atoms with van der Waals surface area (Å²) in [5, 5.41) is 11.7. The van der Waals surface area contributed by atoms with Gasteiger partial charge >= 0.3 is 5.97 Å². The molecule has 0 spiro atoms. The van der Waals surface area contributed by atoms with Gasteiger partial charge in [0.2, 0.25) is 0 Å². The number of anilines is 1. The number of nitrogens with zero attached hydrogens (tertiary/aromatic N) is 1. The van der Waals surface area contributed by atoms with Gasteiger partial charge in [-0.1, -0.05) is 30.9 Å². The molecule has 0 fully saturated rings. The number of carbonyl (C=O) groups is 2. The molecule has 6 heteroatoms. The molecule has 1 heterocycles. The third-order valence-electron chi connectivity index (χ3n) is 2.97. The molecule has 1 amide bonds. The normalized spacial score (nSPS) is 9.86. The van der Waals surface area contributed by atoms with Crippen LogP contribution in [0.2, 0.25) is 0 Å². The third kappa shape index (κ3) is 3.12. The molecule has 2 rings (SSSR count). The van der Waals surface area contributed by atoms with E-state index in [0.29, 0.717) is 5.69 Å². The van der Waals surface area contributed by atoms with E-state index < -0.39 is 11.9 Å². The highest BCUT2D eigenvalue weighted by molar-refractivity contribution is 6.05. The molecule has 0 aliphatic heterocycles. The van der Waals surface area contributed by atoms with Crippen molar-refractivity contribution in [1.82, 2.24) is 4.98 Å². The van der Waals surface area contributed by atoms with E-state index in [1.165, 1.54) is 19.4 Å². The third-order valence-corrected chi connectivity index (χ3v) is 2.97. The largest absolute Gasteiger partial charge is 0.494 e. The quantitative estimate of drug-likeness (QED) is 0.886. The predicted octanol–water partition coefficient (Wildman–Crippen LogP) is 2.68. The van der Waals surface area contributed by atoms with E-state index >= 15 is 0 Å². The standard InChI is InChI=1S/C16H14N2O4/c1-3-10-6-4-5-7-12(10)18-15(19)11-8-13(22-2)14(16(20)21)17-9-11/h3-9H,1H2,2H3,(H,18,19)(H,20,21). The van der Waals surface area contributed by atoms with Gasteiger partial charge in [0.1, 0.15) is 0 Å². The number of hydrogen-bond acceptors (Lipinski definition) is 4. The molecule has 0 aliphatic rings. The average Bonchev–Trinajstić information content (AvgIpc) is 2.54. The van der Waals surface area contributed by atoms with Gasteiger partial charge in [-0.2, -0.15) is 0 Å². The lowest BCUT2D eigenvalue weighted by atomic mass is 10.1. The molecule has 2 aromatic rings. The zero-order chi connectivity index (χ0) is 16.1. The van der Waals surface area contributed by atoms with Crippen LogP contribution < -0.4 is 10.1 Å². The Morgan fingerprint density at radius 3 is 2.73 bits per heavy atom. The number of para-hydroxylation sites is 1. The maximum Gasteiger partial charge on any atom is 0.358 e. The van der Waals surface area contributed by atoms with E-state index in [1.54, 1.807) is 18.2 Å². The minimum atomic E-state index is -1.22. The lowest BCUT2D eigenvalue weighted by Crippen LogP contribution is -2.14. The van der Waals surface area contributed by atoms with Crippen molar-refractivity contribution in [1.29, 1.82) is 0 Å². The monoisotopic (exact) mass is 298 g/mol. The Kier molecular flexibility index (Phi) is 4.53. The molecule has 1 aromatic heterocycles. The highest BCUT2D eigenvalue weighted by Gasteiger charge is 2.16. The van der Waals surface area contributed by atoms with Crippen LogP contribution in [-0.4, -0.2) is 29.1 Å². The van der Waals surface area contributed by atoms with Gasteiger partial charge < -0.3 is 15.2 Å². The SMILES string of the molecule is C=Cc1ccccc1NC(=O)c1cnc(C(=O)O)c(OC)c1. The van der Waals surface area contributed by atoms with E-state index in [2.05, 4.69) is 16.9 Å². The Morgan fingerprint density at radius 2 is 2.09 bits per heavy atom. The van der Waals surface area contributed by atoms with E-state index in [-0.39, 0.29) is 17.0 Å². The Hall–Kier alpha value is -3.15. The second-order valence-electron chi connectivity index (χ2n) is 4.33. The number of benzene rings is 1. The molecule has 0 saturated carbocycles. The van der Waals surface area contributed by atoms with Crippen LogP contribution in [0, 0.1) is 0 Å². The summed E-state index contributed by atoms with van der Waals surface area (Å²) in [6.07, 6.45) is 2.82. The van der Waals surface area contributed by atoms with E-state index in [4.69, 9.17) is 9.84 Å². The first-order chi connectivity index (χ1) is 10.6. The molecule has 0 atom stereocenters. The molecule has 0 aliphatic carbocycles. The second kappa shape index (κ2) is 6.53. The molecule has 0 bridgehead atoms. The molecule has 0 saturated heterocycles. The van der Waals surface area contributed by atoms with Crippen molar-refractivity contribution in [3.63, 3.8) is 0 Å². The number of rotatable bonds is 5. The number of carboxylic acid groups (broad SMARTS) is 1. The van der Waals surface area contributed by atoms with Crippen molar-refractivity contribution in [3.05, 3.63) is 59.9 Å². The number of amides is 1. The van der Waals surface area contributed by atoms with Crippen LogP contribution in [-0.2, 0) is 0 Å². The first kappa shape index (κ1) is 15.2. The molecule has 2 N–H and O–H groups in total. The Balaban J connectivity index is 2.30. The van der Waals surface area contributed by atoms with Gasteiger partial charge in [-0.15, -0.1) is 0 Å². The van der Waals surface area contributed by atoms with Crippen LogP contribution in [0.1, 0.15) is 26.4 Å². The number of methoxy groups -OCH3 is 1. The highest BCUT2D eigenvalue weighted by atomic mass is 16.5. The fourth-order valence-electron chi connectivity index (χ4n) is 1.87. The van der Waals surface area contributed by atoms with Crippen molar-refractivity contribution in [3.8, 4) is 5.75 Å². The molecule has 1 aromatic carbocycles. The maximum absolute atomic E-state index is 12.2. The summed E-state index contributed by atoms with van der Waals surface area (Å²) in [4.78, 5) is 27.0. The van der Waals surface area contributed by atoms with Crippen LogP contribution in [0.15, 0.2) is 43.1 Å². The summed E-state index contributed by atoms with van der Waals surface area (Å²) in [6.45, 7) is 3.68. The molecular weight excluding hydrogens is 284 g/mol. The zero-order valence-corrected chi connectivity index (χ0v) is 11.9. The smallest absolute Gasteiger partial charge is 0.358 e. The van der Waals surface area contributed by atoms with Gasteiger partial charge in [-0.05, 0) is 17.7 Å². The summed E-state index contributed by atoms with van der Waals surface area (Å²) in [7, 11) is 1.32. The number of hydrogen-bond donors (Lipinski definition) is 2. The van der Waals surface area contributed by atoms with E-state index in [0.717, 1.165) is 5.56 Å². The minimum Gasteiger partial charge on any atom is -0.494 e. The van der Waals surface area contributed by atoms with Gasteiger partial charge in [0, 0.05) is 11.9 Å². The predicted molar refractivity (Wildman–Crippen MR) is 82.2 cm³/mol. The summed E-state index contributed by atoms with van der Waals surface area (Å²) < 4.78 is 4.95. The number of ether oxygens (including phenoxy) is 1. The number of carbonyl (C=O) groups excluding carboxylic acids is 1. The number of pyridine rings is 1. The Morgan fingerprint density at radius 1 is 1.36 bits per heavy atom. The van der Waals surface area contributed by atoms with Gasteiger partial charge in [0.05, 0.1) is 12.7 Å². The first-order valence-electron chi connectivity index (χ1n) is 6.37. The summed E-state index contributed by atoms with van der Waals surface area (Å²) in [6, 6.07) is 8.51. The van der Waals surface area contributed by atoms with Crippen LogP contribution in [0.3, 0.4) is 0 Å². The molecule has 22 heavy (non-hydrogen) atoms. The lowest BCUT2D eigenvalue weighted by Gasteiger charge is -2.10. The van der Waals surface area contributed by atoms with Gasteiger partial charge in [0.25, 0.3) is 5.91 Å². The number of aromatic nitrogens is 1. The fourth-order valence-corrected chi connectivity index (χ4v) is 1.87. The van der Waals surface area contributed by atoms with Gasteiger partial charge in [-0.25, -0.2) is 9.78 Å². The molecule has 112 valence electrons. The van der Waals surface area contributed by atoms with Crippen molar-refractivity contribution < 1.29 is 19.4 Å². The number of carboxylic acids is 1. The van der Waals surface area contributed by atoms with E-state index in [1.807, 2.05) is 12.1 Å². The van der Waals surface area contributed by atoms with Crippen LogP contribution in [0.5, 0.6) is 5.75 Å². The van der Waals surface area contributed by atoms with Crippen molar-refractivity contribution in [2.24, 2.45) is 0 Å². The molecule has 0 radical (unpaired) electrons. The lowest BCUT2D eigenvalue weighted by molar-refractivity contribution is 0.0686. The topological polar surface area (TPSA) is 88.5 Å².